The van der Waals surface area contributed by atoms with E-state index in [4.69, 9.17) is 16.3 Å². The number of nitriles is 1. The first kappa shape index (κ1) is 26.9. The molecule has 4 aromatic rings. The zero-order valence-electron chi connectivity index (χ0n) is 21.3. The molecular formula is C29H25ClFN7O2. The summed E-state index contributed by atoms with van der Waals surface area (Å²) in [6, 6.07) is 20.5. The number of carbonyl (C=O) groups is 1. The normalized spacial score (nSPS) is 12.9. The first-order valence-corrected chi connectivity index (χ1v) is 13.0. The minimum atomic E-state index is -0.385. The van der Waals surface area contributed by atoms with Crippen molar-refractivity contribution in [2.75, 3.05) is 36.8 Å². The number of nitrogens with one attached hydrogen (secondary N) is 3. The van der Waals surface area contributed by atoms with Gasteiger partial charge in [-0.05, 0) is 42.5 Å². The summed E-state index contributed by atoms with van der Waals surface area (Å²) in [5.41, 5.74) is 2.29. The van der Waals surface area contributed by atoms with Gasteiger partial charge < -0.3 is 25.6 Å². The fourth-order valence-corrected chi connectivity index (χ4v) is 4.30. The minimum absolute atomic E-state index is 0.00399. The molecule has 0 saturated carbocycles. The lowest BCUT2D eigenvalue weighted by molar-refractivity contribution is 0.0736. The lowest BCUT2D eigenvalue weighted by Crippen LogP contribution is -2.46. The predicted molar refractivity (Wildman–Crippen MR) is 151 cm³/mol. The van der Waals surface area contributed by atoms with Crippen LogP contribution in [0.3, 0.4) is 0 Å². The molecule has 3 aromatic carbocycles. The van der Waals surface area contributed by atoms with Gasteiger partial charge >= 0.3 is 0 Å². The van der Waals surface area contributed by atoms with E-state index >= 15 is 0 Å². The van der Waals surface area contributed by atoms with Crippen LogP contribution in [-0.4, -0.2) is 47.0 Å². The summed E-state index contributed by atoms with van der Waals surface area (Å²) in [7, 11) is 0. The van der Waals surface area contributed by atoms with Gasteiger partial charge in [-0.3, -0.25) is 4.79 Å². The van der Waals surface area contributed by atoms with Crippen LogP contribution in [-0.2, 0) is 6.61 Å². The number of halogens is 2. The first-order chi connectivity index (χ1) is 19.5. The number of amides is 1. The Hall–Kier alpha value is -4.72. The average Bonchev–Trinajstić information content (AvgIpc) is 2.99. The third kappa shape index (κ3) is 6.29. The molecule has 202 valence electrons. The second-order valence-electron chi connectivity index (χ2n) is 8.93. The van der Waals surface area contributed by atoms with E-state index in [1.54, 1.807) is 60.7 Å². The first-order valence-electron chi connectivity index (χ1n) is 12.6. The molecule has 0 bridgehead atoms. The fraction of sp³-hybridized carbons (Fsp3) is 0.172. The summed E-state index contributed by atoms with van der Waals surface area (Å²) in [6.07, 6.45) is 1.44. The van der Waals surface area contributed by atoms with E-state index in [0.29, 0.717) is 35.6 Å². The van der Waals surface area contributed by atoms with Crippen molar-refractivity contribution in [1.82, 2.24) is 20.2 Å². The molecule has 0 unspecified atom stereocenters. The molecule has 2 heterocycles. The standard InChI is InChI=1S/C29H25ClFN7O2/c30-23-17-34-29(35-21-10-8-19(9-11-21)28(39)38-14-12-33-13-15-38)37-27(23)36-25-6-3-7-26(22(25)16-32)40-18-20-4-1-2-5-24(20)31/h1-11,17,33H,12-15,18H2,(H2,34,35,36,37). The van der Waals surface area contributed by atoms with E-state index in [9.17, 15) is 14.4 Å². The van der Waals surface area contributed by atoms with Gasteiger partial charge in [0, 0.05) is 43.0 Å². The Balaban J connectivity index is 1.29. The van der Waals surface area contributed by atoms with Crippen molar-refractivity contribution >= 4 is 40.6 Å². The van der Waals surface area contributed by atoms with Crippen molar-refractivity contribution in [2.45, 2.75) is 6.61 Å². The average molecular weight is 558 g/mol. The quantitative estimate of drug-likeness (QED) is 0.269. The van der Waals surface area contributed by atoms with Crippen molar-refractivity contribution in [3.63, 3.8) is 0 Å². The summed E-state index contributed by atoms with van der Waals surface area (Å²) in [6.45, 7) is 2.91. The second kappa shape index (κ2) is 12.4. The molecule has 3 N–H and O–H groups in total. The van der Waals surface area contributed by atoms with Crippen LogP contribution in [0.1, 0.15) is 21.5 Å². The molecule has 0 aliphatic carbocycles. The van der Waals surface area contributed by atoms with E-state index < -0.39 is 0 Å². The van der Waals surface area contributed by atoms with Crippen LogP contribution in [0.25, 0.3) is 0 Å². The number of nitrogens with zero attached hydrogens (tertiary/aromatic N) is 4. The summed E-state index contributed by atoms with van der Waals surface area (Å²) in [5, 5.41) is 19.5. The van der Waals surface area contributed by atoms with E-state index in [0.717, 1.165) is 13.1 Å². The van der Waals surface area contributed by atoms with Gasteiger partial charge in [0.15, 0.2) is 5.82 Å². The van der Waals surface area contributed by atoms with E-state index in [2.05, 4.69) is 32.0 Å². The number of anilines is 4. The van der Waals surface area contributed by atoms with E-state index in [1.165, 1.54) is 12.3 Å². The van der Waals surface area contributed by atoms with Gasteiger partial charge in [-0.2, -0.15) is 10.2 Å². The third-order valence-electron chi connectivity index (χ3n) is 6.27. The summed E-state index contributed by atoms with van der Waals surface area (Å²) in [4.78, 5) is 23.2. The number of hydrogen-bond donors (Lipinski definition) is 3. The lowest BCUT2D eigenvalue weighted by Gasteiger charge is -2.27. The topological polar surface area (TPSA) is 115 Å². The molecule has 40 heavy (non-hydrogen) atoms. The van der Waals surface area contributed by atoms with E-state index in [1.807, 2.05) is 4.90 Å². The Morgan fingerprint density at radius 3 is 2.60 bits per heavy atom. The Morgan fingerprint density at radius 2 is 1.85 bits per heavy atom. The van der Waals surface area contributed by atoms with Crippen molar-refractivity contribution < 1.29 is 13.9 Å². The molecule has 1 aliphatic rings. The highest BCUT2D eigenvalue weighted by molar-refractivity contribution is 6.33. The maximum atomic E-state index is 14.0. The monoisotopic (exact) mass is 557 g/mol. The van der Waals surface area contributed by atoms with Crippen molar-refractivity contribution in [3.8, 4) is 11.8 Å². The molecular weight excluding hydrogens is 533 g/mol. The highest BCUT2D eigenvalue weighted by atomic mass is 35.5. The van der Waals surface area contributed by atoms with Crippen molar-refractivity contribution in [1.29, 1.82) is 5.26 Å². The van der Waals surface area contributed by atoms with Gasteiger partial charge in [0.25, 0.3) is 5.91 Å². The number of rotatable bonds is 8. The number of ether oxygens (including phenoxy) is 1. The molecule has 1 amide bonds. The molecule has 1 aliphatic heterocycles. The predicted octanol–water partition coefficient (Wildman–Crippen LogP) is 5.25. The van der Waals surface area contributed by atoms with Crippen LogP contribution < -0.4 is 20.7 Å². The molecule has 0 atom stereocenters. The van der Waals surface area contributed by atoms with Crippen molar-refractivity contribution in [2.24, 2.45) is 0 Å². The molecule has 1 aromatic heterocycles. The van der Waals surface area contributed by atoms with E-state index in [-0.39, 0.29) is 46.4 Å². The molecule has 11 heteroatoms. The summed E-state index contributed by atoms with van der Waals surface area (Å²) < 4.78 is 19.8. The van der Waals surface area contributed by atoms with Gasteiger partial charge in [-0.15, -0.1) is 0 Å². The van der Waals surface area contributed by atoms with Gasteiger partial charge in [0.1, 0.15) is 34.8 Å². The fourth-order valence-electron chi connectivity index (χ4n) is 4.16. The highest BCUT2D eigenvalue weighted by Gasteiger charge is 2.18. The lowest BCUT2D eigenvalue weighted by atomic mass is 10.1. The molecule has 1 fully saturated rings. The zero-order valence-corrected chi connectivity index (χ0v) is 22.1. The van der Waals surface area contributed by atoms with Crippen LogP contribution in [0.15, 0.2) is 72.9 Å². The van der Waals surface area contributed by atoms with Crippen LogP contribution in [0.2, 0.25) is 5.02 Å². The maximum Gasteiger partial charge on any atom is 0.253 e. The van der Waals surface area contributed by atoms with Crippen LogP contribution >= 0.6 is 11.6 Å². The minimum Gasteiger partial charge on any atom is -0.487 e. The number of carbonyl (C=O) groups excluding carboxylic acids is 1. The summed E-state index contributed by atoms with van der Waals surface area (Å²) in [5.74, 6) is 0.431. The Bertz CT molecular complexity index is 1550. The Kier molecular flexibility index (Phi) is 8.35. The van der Waals surface area contributed by atoms with Gasteiger partial charge in [0.2, 0.25) is 5.95 Å². The van der Waals surface area contributed by atoms with Gasteiger partial charge in [0.05, 0.1) is 11.9 Å². The molecule has 1 saturated heterocycles. The maximum absolute atomic E-state index is 14.0. The van der Waals surface area contributed by atoms with Gasteiger partial charge in [-0.25, -0.2) is 9.37 Å². The van der Waals surface area contributed by atoms with Crippen LogP contribution in [0.4, 0.5) is 27.5 Å². The smallest absolute Gasteiger partial charge is 0.253 e. The molecule has 0 radical (unpaired) electrons. The Labute approximate surface area is 235 Å². The number of piperazine rings is 1. The van der Waals surface area contributed by atoms with Crippen LogP contribution in [0.5, 0.6) is 5.75 Å². The number of aromatic nitrogens is 2. The second-order valence-corrected chi connectivity index (χ2v) is 9.34. The number of benzene rings is 3. The summed E-state index contributed by atoms with van der Waals surface area (Å²) >= 11 is 6.35. The molecule has 9 nitrogen and oxygen atoms in total. The van der Waals surface area contributed by atoms with Gasteiger partial charge in [-0.1, -0.05) is 35.9 Å². The molecule has 0 spiro atoms. The number of hydrogen-bond acceptors (Lipinski definition) is 8. The van der Waals surface area contributed by atoms with Crippen molar-refractivity contribution in [3.05, 3.63) is 100 Å². The SMILES string of the molecule is N#Cc1c(Nc2nc(Nc3ccc(C(=O)N4CCNCC4)cc3)ncc2Cl)cccc1OCc1ccccc1F. The molecule has 5 rings (SSSR count). The largest absolute Gasteiger partial charge is 0.487 e. The third-order valence-corrected chi connectivity index (χ3v) is 6.55. The Morgan fingerprint density at radius 1 is 1.07 bits per heavy atom. The zero-order chi connectivity index (χ0) is 27.9. The van der Waals surface area contributed by atoms with Crippen LogP contribution in [0, 0.1) is 17.1 Å². The highest BCUT2D eigenvalue weighted by Crippen LogP contribution is 2.31.